The molecule has 0 aliphatic carbocycles. The van der Waals surface area contributed by atoms with E-state index in [-0.39, 0.29) is 24.0 Å². The lowest BCUT2D eigenvalue weighted by atomic mass is 10.7. The molecule has 0 heterocycles. The molecule has 0 aliphatic rings. The van der Waals surface area contributed by atoms with Crippen LogP contribution in [0.5, 0.6) is 0 Å². The van der Waals surface area contributed by atoms with Gasteiger partial charge in [-0.2, -0.15) is 0 Å². The summed E-state index contributed by atoms with van der Waals surface area (Å²) in [6, 6.07) is 0. The maximum atomic E-state index is 2.12. The zero-order chi connectivity index (χ0) is 4.28. The lowest BCUT2D eigenvalue weighted by Crippen LogP contribution is -2.08. The monoisotopic (exact) mass is 201 g/mol. The molecule has 0 N–H and O–H groups in total. The summed E-state index contributed by atoms with van der Waals surface area (Å²) in [4.78, 5) is 2.12. The summed E-state index contributed by atoms with van der Waals surface area (Å²) in [7, 11) is 4.11. The van der Waals surface area contributed by atoms with Crippen LogP contribution in [-0.2, 0) is 0 Å². The summed E-state index contributed by atoms with van der Waals surface area (Å²) in [5, 5.41) is 0. The molecule has 0 rings (SSSR count). The molecule has 0 atom stereocenters. The third-order valence-corrected chi connectivity index (χ3v) is 0.632. The first-order valence-corrected chi connectivity index (χ1v) is 1.92. The second-order valence-corrected chi connectivity index (χ2v) is 1.40. The fourth-order valence-electron chi connectivity index (χ4n) is 0. The van der Waals surface area contributed by atoms with E-state index in [1.807, 2.05) is 0 Å². The molecule has 0 aromatic heterocycles. The summed E-state index contributed by atoms with van der Waals surface area (Å²) < 4.78 is 0. The first-order chi connectivity index (χ1) is 2.27. The van der Waals surface area contributed by atoms with Gasteiger partial charge in [-0.1, -0.05) is 6.92 Å². The predicted octanol–water partition coefficient (Wildman–Crippen LogP) is 1.19. The van der Waals surface area contributed by atoms with Gasteiger partial charge in [0.15, 0.2) is 0 Å². The van der Waals surface area contributed by atoms with E-state index in [0.717, 1.165) is 6.54 Å². The average Bonchev–Trinajstić information content (AvgIpc) is 1.38. The quantitative estimate of drug-likeness (QED) is 0.576. The van der Waals surface area contributed by atoms with Gasteiger partial charge < -0.3 is 4.90 Å². The first kappa shape index (κ1) is 9.85. The summed E-state index contributed by atoms with van der Waals surface area (Å²) in [5.41, 5.74) is 0. The number of hydrogen-bond acceptors (Lipinski definition) is 1. The Balaban J connectivity index is 0. The second kappa shape index (κ2) is 5.69. The van der Waals surface area contributed by atoms with Crippen molar-refractivity contribution in [3.63, 3.8) is 0 Å². The molecule has 0 aliphatic heterocycles. The molecular weight excluding hydrogens is 189 g/mol. The molecule has 2 heteroatoms. The number of halogens is 1. The molecule has 0 saturated carbocycles. The smallest absolute Gasteiger partial charge is 0.00533 e. The molecule has 0 aromatic carbocycles. The maximum Gasteiger partial charge on any atom is -0.00533 e. The van der Waals surface area contributed by atoms with Crippen LogP contribution in [0.4, 0.5) is 0 Å². The van der Waals surface area contributed by atoms with Gasteiger partial charge in [-0.15, -0.1) is 24.0 Å². The Morgan fingerprint density at radius 1 is 1.33 bits per heavy atom. The average molecular weight is 201 g/mol. The minimum atomic E-state index is 0. The second-order valence-electron chi connectivity index (χ2n) is 1.40. The van der Waals surface area contributed by atoms with E-state index in [1.165, 1.54) is 0 Å². The van der Waals surface area contributed by atoms with Crippen molar-refractivity contribution < 1.29 is 0 Å². The normalized spacial score (nSPS) is 8.00. The van der Waals surface area contributed by atoms with E-state index >= 15 is 0 Å². The highest BCUT2D eigenvalue weighted by atomic mass is 127. The zero-order valence-corrected chi connectivity index (χ0v) is 6.89. The molecule has 0 spiro atoms. The highest BCUT2D eigenvalue weighted by molar-refractivity contribution is 14.0. The molecular formula is C4H12IN. The van der Waals surface area contributed by atoms with Crippen LogP contribution in [0, 0.1) is 0 Å². The van der Waals surface area contributed by atoms with Crippen molar-refractivity contribution >= 4 is 24.0 Å². The summed E-state index contributed by atoms with van der Waals surface area (Å²) in [5.74, 6) is 0. The van der Waals surface area contributed by atoms with Crippen LogP contribution in [0.2, 0.25) is 0 Å². The SMILES string of the molecule is CCN(C)C.I. The Morgan fingerprint density at radius 3 is 1.50 bits per heavy atom. The first-order valence-electron chi connectivity index (χ1n) is 1.92. The van der Waals surface area contributed by atoms with Crippen LogP contribution >= 0.6 is 24.0 Å². The van der Waals surface area contributed by atoms with Gasteiger partial charge in [0.25, 0.3) is 0 Å². The number of hydrogen-bond donors (Lipinski definition) is 0. The Labute approximate surface area is 56.7 Å². The largest absolute Gasteiger partial charge is 0.310 e. The fourth-order valence-corrected chi connectivity index (χ4v) is 0. The molecule has 6 heavy (non-hydrogen) atoms. The molecule has 0 unspecified atom stereocenters. The molecule has 1 nitrogen and oxygen atoms in total. The van der Waals surface area contributed by atoms with Gasteiger partial charge in [0.1, 0.15) is 0 Å². The van der Waals surface area contributed by atoms with Crippen LogP contribution in [0.1, 0.15) is 6.92 Å². The van der Waals surface area contributed by atoms with Gasteiger partial charge in [0.05, 0.1) is 0 Å². The fraction of sp³-hybridized carbons (Fsp3) is 1.00. The Kier molecular flexibility index (Phi) is 9.34. The van der Waals surface area contributed by atoms with Gasteiger partial charge in [-0.25, -0.2) is 0 Å². The zero-order valence-electron chi connectivity index (χ0n) is 4.56. The van der Waals surface area contributed by atoms with E-state index in [4.69, 9.17) is 0 Å². The highest BCUT2D eigenvalue weighted by Crippen LogP contribution is 1.63. The summed E-state index contributed by atoms with van der Waals surface area (Å²) in [6.07, 6.45) is 0. The van der Waals surface area contributed by atoms with Crippen LogP contribution in [0.15, 0.2) is 0 Å². The van der Waals surface area contributed by atoms with Crippen molar-refractivity contribution in [2.24, 2.45) is 0 Å². The third-order valence-electron chi connectivity index (χ3n) is 0.632. The van der Waals surface area contributed by atoms with Gasteiger partial charge in [-0.3, -0.25) is 0 Å². The highest BCUT2D eigenvalue weighted by Gasteiger charge is 1.72. The lowest BCUT2D eigenvalue weighted by Gasteiger charge is -2.00. The molecule has 0 radical (unpaired) electrons. The van der Waals surface area contributed by atoms with Crippen LogP contribution in [-0.4, -0.2) is 25.5 Å². The number of rotatable bonds is 1. The Morgan fingerprint density at radius 2 is 1.50 bits per heavy atom. The van der Waals surface area contributed by atoms with Gasteiger partial charge in [0.2, 0.25) is 0 Å². The van der Waals surface area contributed by atoms with Crippen LogP contribution in [0.25, 0.3) is 0 Å². The Hall–Kier alpha value is 0.690. The molecule has 0 aromatic rings. The van der Waals surface area contributed by atoms with E-state index < -0.39 is 0 Å². The minimum Gasteiger partial charge on any atom is -0.310 e. The molecule has 0 bridgehead atoms. The lowest BCUT2D eigenvalue weighted by molar-refractivity contribution is 0.434. The van der Waals surface area contributed by atoms with Crippen molar-refractivity contribution in [3.05, 3.63) is 0 Å². The van der Waals surface area contributed by atoms with E-state index in [9.17, 15) is 0 Å². The van der Waals surface area contributed by atoms with E-state index in [0.29, 0.717) is 0 Å². The van der Waals surface area contributed by atoms with Gasteiger partial charge in [-0.05, 0) is 20.6 Å². The molecule has 0 fully saturated rings. The predicted molar refractivity (Wildman–Crippen MR) is 39.6 cm³/mol. The van der Waals surface area contributed by atoms with Gasteiger partial charge in [0, 0.05) is 0 Å². The van der Waals surface area contributed by atoms with Gasteiger partial charge >= 0.3 is 0 Å². The van der Waals surface area contributed by atoms with Crippen molar-refractivity contribution in [1.82, 2.24) is 4.90 Å². The standard InChI is InChI=1S/C4H11N.HI/c1-4-5(2)3;/h4H2,1-3H3;1H. The van der Waals surface area contributed by atoms with Crippen LogP contribution < -0.4 is 0 Å². The topological polar surface area (TPSA) is 3.24 Å². The van der Waals surface area contributed by atoms with E-state index in [1.54, 1.807) is 0 Å². The summed E-state index contributed by atoms with van der Waals surface area (Å²) in [6.45, 7) is 3.26. The molecule has 0 saturated heterocycles. The maximum absolute atomic E-state index is 2.12. The third kappa shape index (κ3) is 8.83. The van der Waals surface area contributed by atoms with Crippen LogP contribution in [0.3, 0.4) is 0 Å². The molecule has 0 amide bonds. The Bertz CT molecular complexity index is 21.5. The molecule has 40 valence electrons. The van der Waals surface area contributed by atoms with E-state index in [2.05, 4.69) is 25.9 Å². The van der Waals surface area contributed by atoms with Crippen molar-refractivity contribution in [1.29, 1.82) is 0 Å². The minimum absolute atomic E-state index is 0. The van der Waals surface area contributed by atoms with Crippen molar-refractivity contribution in [3.8, 4) is 0 Å². The van der Waals surface area contributed by atoms with Crippen molar-refractivity contribution in [2.75, 3.05) is 20.6 Å². The number of nitrogens with zero attached hydrogens (tertiary/aromatic N) is 1. The van der Waals surface area contributed by atoms with Crippen molar-refractivity contribution in [2.45, 2.75) is 6.92 Å². The summed E-state index contributed by atoms with van der Waals surface area (Å²) >= 11 is 0.